The van der Waals surface area contributed by atoms with Crippen LogP contribution in [-0.2, 0) is 4.79 Å². The number of amides is 1. The number of fused-ring (bicyclic) bond motifs is 1. The number of pyridine rings is 1. The Morgan fingerprint density at radius 2 is 2.04 bits per heavy atom. The monoisotopic (exact) mass is 380 g/mol. The maximum atomic E-state index is 12.5. The number of H-pyrrole nitrogens is 1. The number of aromatic amines is 1. The summed E-state index contributed by atoms with van der Waals surface area (Å²) in [7, 11) is 0. The van der Waals surface area contributed by atoms with Crippen molar-refractivity contribution in [2.75, 3.05) is 0 Å². The number of carbonyl (C=O) groups is 2. The van der Waals surface area contributed by atoms with Crippen molar-refractivity contribution < 1.29 is 14.7 Å². The van der Waals surface area contributed by atoms with Crippen molar-refractivity contribution in [1.82, 2.24) is 10.3 Å². The Hall–Kier alpha value is -2.15. The Morgan fingerprint density at radius 3 is 2.65 bits per heavy atom. The maximum Gasteiger partial charge on any atom is 0.326 e. The summed E-state index contributed by atoms with van der Waals surface area (Å²) in [5, 5.41) is 12.3. The van der Waals surface area contributed by atoms with Crippen LogP contribution in [0.25, 0.3) is 10.9 Å². The summed E-state index contributed by atoms with van der Waals surface area (Å²) in [6.45, 7) is 3.75. The lowest BCUT2D eigenvalue weighted by atomic mass is 10.0. The molecule has 2 rings (SSSR count). The molecule has 0 bridgehead atoms. The molecule has 2 aromatic rings. The summed E-state index contributed by atoms with van der Waals surface area (Å²) >= 11 is 3.33. The highest BCUT2D eigenvalue weighted by Gasteiger charge is 2.23. The Kier molecular flexibility index (Phi) is 5.20. The summed E-state index contributed by atoms with van der Waals surface area (Å²) in [4.78, 5) is 38.2. The van der Waals surface area contributed by atoms with Gasteiger partial charge in [-0.1, -0.05) is 26.0 Å². The number of carboxylic acids is 1. The fourth-order valence-electron chi connectivity index (χ4n) is 2.36. The molecule has 0 unspecified atom stereocenters. The van der Waals surface area contributed by atoms with E-state index in [0.717, 1.165) is 0 Å². The first-order valence-corrected chi connectivity index (χ1v) is 7.94. The van der Waals surface area contributed by atoms with Crippen molar-refractivity contribution in [2.24, 2.45) is 5.92 Å². The highest BCUT2D eigenvalue weighted by atomic mass is 79.9. The second-order valence-corrected chi connectivity index (χ2v) is 6.56. The summed E-state index contributed by atoms with van der Waals surface area (Å²) in [6.07, 6.45) is 0.311. The molecule has 1 heterocycles. The topological polar surface area (TPSA) is 99.3 Å². The third kappa shape index (κ3) is 3.98. The Bertz CT molecular complexity index is 813. The third-order valence-electron chi connectivity index (χ3n) is 3.38. The van der Waals surface area contributed by atoms with Crippen LogP contribution in [0, 0.1) is 5.92 Å². The van der Waals surface area contributed by atoms with Crippen LogP contribution in [0.2, 0.25) is 0 Å². The lowest BCUT2D eigenvalue weighted by Crippen LogP contribution is -2.42. The average Bonchev–Trinajstić information content (AvgIpc) is 2.46. The number of hydrogen-bond donors (Lipinski definition) is 3. The Labute approximate surface area is 141 Å². The molecule has 1 atom stereocenters. The molecule has 0 aliphatic carbocycles. The van der Waals surface area contributed by atoms with E-state index < -0.39 is 23.5 Å². The maximum absolute atomic E-state index is 12.5. The first-order valence-electron chi connectivity index (χ1n) is 7.14. The molecular formula is C16H17BrN2O4. The van der Waals surface area contributed by atoms with Crippen molar-refractivity contribution in [3.05, 3.63) is 44.7 Å². The van der Waals surface area contributed by atoms with Gasteiger partial charge in [0.1, 0.15) is 6.04 Å². The summed E-state index contributed by atoms with van der Waals surface area (Å²) in [6, 6.07) is 5.37. The number of para-hydroxylation sites is 1. The highest BCUT2D eigenvalue weighted by Crippen LogP contribution is 2.23. The molecule has 1 aromatic carbocycles. The molecule has 7 heteroatoms. The number of aromatic nitrogens is 1. The van der Waals surface area contributed by atoms with Gasteiger partial charge in [-0.05, 0) is 34.3 Å². The van der Waals surface area contributed by atoms with Gasteiger partial charge in [0.25, 0.3) is 5.91 Å². The zero-order chi connectivity index (χ0) is 17.1. The number of rotatable bonds is 5. The average molecular weight is 381 g/mol. The Balaban J connectivity index is 2.43. The van der Waals surface area contributed by atoms with E-state index in [0.29, 0.717) is 21.8 Å². The van der Waals surface area contributed by atoms with Gasteiger partial charge in [-0.15, -0.1) is 0 Å². The van der Waals surface area contributed by atoms with Gasteiger partial charge in [0.15, 0.2) is 0 Å². The molecule has 122 valence electrons. The molecule has 0 fully saturated rings. The van der Waals surface area contributed by atoms with Crippen LogP contribution in [0.3, 0.4) is 0 Å². The summed E-state index contributed by atoms with van der Waals surface area (Å²) in [5.74, 6) is -1.56. The standard InChI is InChI=1S/C16H17BrN2O4/c1-8(2)6-12(16(22)23)18-15(21)10-7-13(20)19-14-9(10)4-3-5-11(14)17/h3-5,7-8,12H,6H2,1-2H3,(H,18,21)(H,19,20)(H,22,23)/t12-/m1/s1. The predicted octanol–water partition coefficient (Wildman–Crippen LogP) is 2.52. The number of benzene rings is 1. The fraction of sp³-hybridized carbons (Fsp3) is 0.312. The van der Waals surface area contributed by atoms with E-state index >= 15 is 0 Å². The van der Waals surface area contributed by atoms with Crippen LogP contribution in [0.5, 0.6) is 0 Å². The van der Waals surface area contributed by atoms with E-state index in [1.54, 1.807) is 18.2 Å². The third-order valence-corrected chi connectivity index (χ3v) is 4.04. The zero-order valence-corrected chi connectivity index (χ0v) is 14.3. The minimum atomic E-state index is -1.10. The second kappa shape index (κ2) is 6.95. The van der Waals surface area contributed by atoms with E-state index in [1.165, 1.54) is 6.07 Å². The number of carboxylic acid groups (broad SMARTS) is 1. The van der Waals surface area contributed by atoms with E-state index in [2.05, 4.69) is 26.2 Å². The minimum Gasteiger partial charge on any atom is -0.480 e. The summed E-state index contributed by atoms with van der Waals surface area (Å²) in [5.41, 5.74) is 0.228. The first-order chi connectivity index (χ1) is 10.8. The molecule has 3 N–H and O–H groups in total. The minimum absolute atomic E-state index is 0.112. The molecule has 0 saturated carbocycles. The van der Waals surface area contributed by atoms with Crippen molar-refractivity contribution >= 4 is 38.7 Å². The highest BCUT2D eigenvalue weighted by molar-refractivity contribution is 9.10. The molecule has 1 aromatic heterocycles. The van der Waals surface area contributed by atoms with Crippen LogP contribution in [0.15, 0.2) is 33.5 Å². The lowest BCUT2D eigenvalue weighted by molar-refractivity contribution is -0.139. The van der Waals surface area contributed by atoms with Gasteiger partial charge in [-0.3, -0.25) is 9.59 Å². The summed E-state index contributed by atoms with van der Waals surface area (Å²) < 4.78 is 0.652. The number of aliphatic carboxylic acids is 1. The molecule has 0 radical (unpaired) electrons. The van der Waals surface area contributed by atoms with Gasteiger partial charge in [0.05, 0.1) is 11.1 Å². The Morgan fingerprint density at radius 1 is 1.35 bits per heavy atom. The second-order valence-electron chi connectivity index (χ2n) is 5.70. The van der Waals surface area contributed by atoms with Gasteiger partial charge in [0.2, 0.25) is 5.56 Å². The predicted molar refractivity (Wildman–Crippen MR) is 90.6 cm³/mol. The molecular weight excluding hydrogens is 364 g/mol. The van der Waals surface area contributed by atoms with Crippen LogP contribution < -0.4 is 10.9 Å². The number of nitrogens with one attached hydrogen (secondary N) is 2. The van der Waals surface area contributed by atoms with E-state index in [4.69, 9.17) is 0 Å². The van der Waals surface area contributed by atoms with Gasteiger partial charge in [-0.25, -0.2) is 4.79 Å². The van der Waals surface area contributed by atoms with Crippen molar-refractivity contribution in [2.45, 2.75) is 26.3 Å². The van der Waals surface area contributed by atoms with Crippen LogP contribution in [0.4, 0.5) is 0 Å². The van der Waals surface area contributed by atoms with Gasteiger partial charge in [-0.2, -0.15) is 0 Å². The molecule has 6 nitrogen and oxygen atoms in total. The van der Waals surface area contributed by atoms with Gasteiger partial charge >= 0.3 is 5.97 Å². The number of carbonyl (C=O) groups excluding carboxylic acids is 1. The van der Waals surface area contributed by atoms with Crippen LogP contribution >= 0.6 is 15.9 Å². The van der Waals surface area contributed by atoms with Gasteiger partial charge in [0, 0.05) is 15.9 Å². The SMILES string of the molecule is CC(C)C[C@@H](NC(=O)c1cc(=O)[nH]c2c(Br)cccc12)C(=O)O. The largest absolute Gasteiger partial charge is 0.480 e. The normalized spacial score (nSPS) is 12.3. The molecule has 1 amide bonds. The van der Waals surface area contributed by atoms with E-state index in [-0.39, 0.29) is 11.5 Å². The van der Waals surface area contributed by atoms with Gasteiger partial charge < -0.3 is 15.4 Å². The number of hydrogen-bond acceptors (Lipinski definition) is 3. The molecule has 0 saturated heterocycles. The van der Waals surface area contributed by atoms with E-state index in [9.17, 15) is 19.5 Å². The number of halogens is 1. The zero-order valence-electron chi connectivity index (χ0n) is 12.7. The molecule has 0 aliphatic heterocycles. The fourth-order valence-corrected chi connectivity index (χ4v) is 2.83. The first kappa shape index (κ1) is 17.2. The van der Waals surface area contributed by atoms with Crippen molar-refractivity contribution in [3.8, 4) is 0 Å². The van der Waals surface area contributed by atoms with E-state index in [1.807, 2.05) is 13.8 Å². The van der Waals surface area contributed by atoms with Crippen LogP contribution in [0.1, 0.15) is 30.6 Å². The quantitative estimate of drug-likeness (QED) is 0.741. The lowest BCUT2D eigenvalue weighted by Gasteiger charge is -2.17. The van der Waals surface area contributed by atoms with Crippen LogP contribution in [-0.4, -0.2) is 28.0 Å². The molecule has 0 spiro atoms. The van der Waals surface area contributed by atoms with Crippen molar-refractivity contribution in [1.29, 1.82) is 0 Å². The van der Waals surface area contributed by atoms with Crippen molar-refractivity contribution in [3.63, 3.8) is 0 Å². The molecule has 23 heavy (non-hydrogen) atoms. The smallest absolute Gasteiger partial charge is 0.326 e. The molecule has 0 aliphatic rings.